The molecule has 348 valence electrons. The van der Waals surface area contributed by atoms with E-state index in [4.69, 9.17) is 28.0 Å². The molecule has 1 amide bonds. The van der Waals surface area contributed by atoms with Gasteiger partial charge in [0.15, 0.2) is 0 Å². The number of likely N-dealkylation sites (tertiary alicyclic amines) is 1. The molecule has 1 aromatic carbocycles. The number of ether oxygens (including phenoxy) is 4. The van der Waals surface area contributed by atoms with Crippen molar-refractivity contribution >= 4 is 37.6 Å². The van der Waals surface area contributed by atoms with Crippen molar-refractivity contribution in [3.05, 3.63) is 35.9 Å². The molecule has 2 rings (SSSR count). The van der Waals surface area contributed by atoms with Crippen LogP contribution in [0.2, 0.25) is 0 Å². The molecule has 0 spiro atoms. The number of esters is 3. The average Bonchev–Trinajstić information content (AvgIpc) is 3.50. The molecule has 1 fully saturated rings. The van der Waals surface area contributed by atoms with Crippen LogP contribution in [0, 0.1) is 0 Å². The van der Waals surface area contributed by atoms with E-state index in [0.29, 0.717) is 19.3 Å². The Balaban J connectivity index is 2.50. The smallest absolute Gasteiger partial charge is 0.407 e. The first-order chi connectivity index (χ1) is 28.3. The average molecular weight is 885 g/mol. The fraction of sp³-hybridized carbons (Fsp3) is 0.744. The minimum atomic E-state index is -3.72. The molecular weight excluding hydrogens is 811 g/mol. The molecule has 2 N–H and O–H groups in total. The molecule has 0 saturated carbocycles. The number of rotatable bonds is 25. The van der Waals surface area contributed by atoms with Gasteiger partial charge in [0.05, 0.1) is 26.3 Å². The predicted molar refractivity (Wildman–Crippen MR) is 230 cm³/mol. The Morgan fingerprint density at radius 3 is 1.93 bits per heavy atom. The lowest BCUT2D eigenvalue weighted by Crippen LogP contribution is -2.52. The Morgan fingerprint density at radius 1 is 0.820 bits per heavy atom. The standard InChI is InChI=1S/C43H73N4O13P/c1-12-56-61(54,57-13-2)31-47-33(22-23-34(47)38(50)51)27-45(28-36(48)58-41(3,4)5)25-26-46(29-37(49)59-42(6,7)8)35(39(52)55-30-32-19-15-14-16-20-32)21-17-18-24-44-40(53)60-43(9,10)11/h14-16,19-20,33-35H,12-13,17-18,21-31H2,1-11H3,(H,44,53)(H,50,51)/t33-,34+,35-/m0/s1. The Hall–Kier alpha value is -3.60. The summed E-state index contributed by atoms with van der Waals surface area (Å²) in [5.41, 5.74) is -1.51. The second-order valence-electron chi connectivity index (χ2n) is 18.1. The van der Waals surface area contributed by atoms with Crippen LogP contribution < -0.4 is 5.32 Å². The van der Waals surface area contributed by atoms with Crippen LogP contribution in [0.15, 0.2) is 30.3 Å². The third-order valence-corrected chi connectivity index (χ3v) is 11.1. The topological polar surface area (TPSA) is 200 Å². The van der Waals surface area contributed by atoms with E-state index in [1.807, 2.05) is 30.3 Å². The number of nitrogens with zero attached hydrogens (tertiary/aromatic N) is 3. The number of hydrogen-bond donors (Lipinski definition) is 2. The van der Waals surface area contributed by atoms with Gasteiger partial charge in [-0.25, -0.2) is 4.79 Å². The minimum absolute atomic E-state index is 0.00295. The number of unbranched alkanes of at least 4 members (excludes halogenated alkanes) is 1. The third-order valence-electron chi connectivity index (χ3n) is 9.12. The molecule has 0 aromatic heterocycles. The zero-order valence-electron chi connectivity index (χ0n) is 38.4. The van der Waals surface area contributed by atoms with Crippen LogP contribution in [0.4, 0.5) is 4.79 Å². The van der Waals surface area contributed by atoms with E-state index in [2.05, 4.69) is 5.32 Å². The SMILES string of the molecule is CCOP(=O)(CN1[C@H](CN(CCN(CC(=O)OC(C)(C)C)[C@@H](CCCCNC(=O)OC(C)(C)C)C(=O)OCc2ccccc2)CC(=O)OC(C)(C)C)CC[C@@H]1C(=O)O)OCC. The van der Waals surface area contributed by atoms with E-state index >= 15 is 0 Å². The fourth-order valence-electron chi connectivity index (χ4n) is 6.81. The lowest BCUT2D eigenvalue weighted by molar-refractivity contribution is -0.161. The molecule has 3 atom stereocenters. The van der Waals surface area contributed by atoms with E-state index in [1.165, 1.54) is 0 Å². The summed E-state index contributed by atoms with van der Waals surface area (Å²) in [7, 11) is -3.72. The van der Waals surface area contributed by atoms with Crippen LogP contribution in [0.25, 0.3) is 0 Å². The number of carboxylic acids is 1. The zero-order chi connectivity index (χ0) is 46.0. The van der Waals surface area contributed by atoms with Gasteiger partial charge in [0.2, 0.25) is 0 Å². The van der Waals surface area contributed by atoms with Gasteiger partial charge in [0.1, 0.15) is 41.8 Å². The van der Waals surface area contributed by atoms with Crippen molar-refractivity contribution in [2.24, 2.45) is 0 Å². The number of alkyl carbamates (subject to hydrolysis) is 1. The molecule has 17 nitrogen and oxygen atoms in total. The summed E-state index contributed by atoms with van der Waals surface area (Å²) in [6.45, 7) is 19.5. The van der Waals surface area contributed by atoms with Crippen molar-refractivity contribution in [1.82, 2.24) is 20.0 Å². The molecule has 1 aliphatic rings. The second-order valence-corrected chi connectivity index (χ2v) is 20.1. The molecule has 0 bridgehead atoms. The summed E-state index contributed by atoms with van der Waals surface area (Å²) in [4.78, 5) is 70.8. The largest absolute Gasteiger partial charge is 0.480 e. The normalized spacial score (nSPS) is 16.9. The van der Waals surface area contributed by atoms with Crippen molar-refractivity contribution in [2.75, 3.05) is 58.8 Å². The first kappa shape index (κ1) is 53.5. The monoisotopic (exact) mass is 884 g/mol. The van der Waals surface area contributed by atoms with Gasteiger partial charge in [-0.05, 0) is 114 Å². The summed E-state index contributed by atoms with van der Waals surface area (Å²) in [6.07, 6.45) is 1.05. The summed E-state index contributed by atoms with van der Waals surface area (Å²) >= 11 is 0. The number of amides is 1. The van der Waals surface area contributed by atoms with Crippen molar-refractivity contribution < 1.29 is 61.6 Å². The van der Waals surface area contributed by atoms with Crippen molar-refractivity contribution in [1.29, 1.82) is 0 Å². The number of hydrogen-bond acceptors (Lipinski definition) is 15. The Kier molecular flexibility index (Phi) is 21.8. The molecule has 1 heterocycles. The maximum atomic E-state index is 14.1. The number of carbonyl (C=O) groups excluding carboxylic acids is 4. The lowest BCUT2D eigenvalue weighted by atomic mass is 10.1. The molecule has 0 unspecified atom stereocenters. The molecular formula is C43H73N4O13P. The van der Waals surface area contributed by atoms with Crippen LogP contribution >= 0.6 is 7.60 Å². The Morgan fingerprint density at radius 2 is 1.39 bits per heavy atom. The van der Waals surface area contributed by atoms with E-state index in [0.717, 1.165) is 5.56 Å². The highest BCUT2D eigenvalue weighted by Gasteiger charge is 2.43. The van der Waals surface area contributed by atoms with Gasteiger partial charge in [0, 0.05) is 32.2 Å². The molecule has 0 radical (unpaired) electrons. The molecule has 1 aliphatic heterocycles. The van der Waals surface area contributed by atoms with Gasteiger partial charge in [-0.3, -0.25) is 38.4 Å². The number of nitrogens with one attached hydrogen (secondary N) is 1. The highest BCUT2D eigenvalue weighted by Crippen LogP contribution is 2.50. The van der Waals surface area contributed by atoms with E-state index in [1.54, 1.807) is 90.9 Å². The summed E-state index contributed by atoms with van der Waals surface area (Å²) in [6, 6.07) is 6.80. The van der Waals surface area contributed by atoms with E-state index in [-0.39, 0.29) is 78.2 Å². The van der Waals surface area contributed by atoms with Gasteiger partial charge in [-0.2, -0.15) is 0 Å². The van der Waals surface area contributed by atoms with Gasteiger partial charge in [-0.1, -0.05) is 30.3 Å². The molecule has 1 aromatic rings. The molecule has 61 heavy (non-hydrogen) atoms. The second kappa shape index (κ2) is 24.9. The van der Waals surface area contributed by atoms with Crippen LogP contribution in [0.5, 0.6) is 0 Å². The van der Waals surface area contributed by atoms with E-state index < -0.39 is 72.5 Å². The Labute approximate surface area is 363 Å². The quantitative estimate of drug-likeness (QED) is 0.0485. The number of aliphatic carboxylic acids is 1. The highest BCUT2D eigenvalue weighted by molar-refractivity contribution is 7.53. The molecule has 1 saturated heterocycles. The number of carbonyl (C=O) groups is 5. The summed E-state index contributed by atoms with van der Waals surface area (Å²) in [5, 5.41) is 12.9. The number of benzene rings is 1. The number of carboxylic acid groups (broad SMARTS) is 1. The summed E-state index contributed by atoms with van der Waals surface area (Å²) < 4.78 is 47.4. The predicted octanol–water partition coefficient (Wildman–Crippen LogP) is 6.22. The van der Waals surface area contributed by atoms with Crippen molar-refractivity contribution in [3.8, 4) is 0 Å². The van der Waals surface area contributed by atoms with Crippen LogP contribution in [-0.4, -0.2) is 143 Å². The molecule has 18 heteroatoms. The van der Waals surface area contributed by atoms with Gasteiger partial charge >= 0.3 is 37.6 Å². The summed E-state index contributed by atoms with van der Waals surface area (Å²) in [5.74, 6) is -2.76. The minimum Gasteiger partial charge on any atom is -0.480 e. The molecule has 0 aliphatic carbocycles. The van der Waals surface area contributed by atoms with Crippen molar-refractivity contribution in [3.63, 3.8) is 0 Å². The maximum Gasteiger partial charge on any atom is 0.407 e. The zero-order valence-corrected chi connectivity index (χ0v) is 39.3. The first-order valence-electron chi connectivity index (χ1n) is 21.3. The van der Waals surface area contributed by atoms with Gasteiger partial charge < -0.3 is 38.4 Å². The maximum absolute atomic E-state index is 14.1. The first-order valence-corrected chi connectivity index (χ1v) is 23.0. The van der Waals surface area contributed by atoms with Crippen LogP contribution in [-0.2, 0) is 58.3 Å². The van der Waals surface area contributed by atoms with E-state index in [9.17, 15) is 33.6 Å². The Bertz CT molecular complexity index is 1580. The fourth-order valence-corrected chi connectivity index (χ4v) is 8.66. The van der Waals surface area contributed by atoms with Gasteiger partial charge in [0.25, 0.3) is 0 Å². The highest BCUT2D eigenvalue weighted by atomic mass is 31.2. The van der Waals surface area contributed by atoms with Crippen LogP contribution in [0.3, 0.4) is 0 Å². The lowest BCUT2D eigenvalue weighted by Gasteiger charge is -2.36. The third kappa shape index (κ3) is 21.9. The van der Waals surface area contributed by atoms with Gasteiger partial charge in [-0.15, -0.1) is 0 Å². The van der Waals surface area contributed by atoms with Crippen LogP contribution in [0.1, 0.15) is 114 Å². The van der Waals surface area contributed by atoms with Crippen molar-refractivity contribution in [2.45, 2.75) is 150 Å².